The minimum Gasteiger partial charge on any atom is -0.465 e. The van der Waals surface area contributed by atoms with Crippen LogP contribution in [0.4, 0.5) is 5.69 Å². The first-order valence-electron chi connectivity index (χ1n) is 5.58. The highest BCUT2D eigenvalue weighted by Crippen LogP contribution is 2.17. The van der Waals surface area contributed by atoms with Gasteiger partial charge in [0.15, 0.2) is 4.80 Å². The number of ether oxygens (including phenoxy) is 1. The van der Waals surface area contributed by atoms with Gasteiger partial charge in [-0.3, -0.25) is 0 Å². The van der Waals surface area contributed by atoms with E-state index in [-0.39, 0.29) is 5.97 Å². The monoisotopic (exact) mass is 296 g/mol. The summed E-state index contributed by atoms with van der Waals surface area (Å²) in [5.41, 5.74) is 1.63. The van der Waals surface area contributed by atoms with Gasteiger partial charge in [0.25, 0.3) is 0 Å². The third-order valence-electron chi connectivity index (χ3n) is 2.73. The maximum Gasteiger partial charge on any atom is 0.349 e. The van der Waals surface area contributed by atoms with E-state index < -0.39 is 0 Å². The third kappa shape index (κ3) is 2.88. The van der Waals surface area contributed by atoms with E-state index in [1.54, 1.807) is 12.1 Å². The van der Waals surface area contributed by atoms with Crippen LogP contribution in [0.3, 0.4) is 0 Å². The van der Waals surface area contributed by atoms with Gasteiger partial charge in [-0.25, -0.2) is 9.79 Å². The fourth-order valence-corrected chi connectivity index (χ4v) is 2.72. The Morgan fingerprint density at radius 2 is 2.00 bits per heavy atom. The Hall–Kier alpha value is -1.59. The molecular formula is C13H13ClN2O2S. The van der Waals surface area contributed by atoms with Crippen molar-refractivity contribution in [3.63, 3.8) is 0 Å². The molecule has 0 bridgehead atoms. The molecule has 0 N–H and O–H groups in total. The molecule has 0 saturated carbocycles. The molecule has 1 heterocycles. The van der Waals surface area contributed by atoms with E-state index >= 15 is 0 Å². The zero-order valence-electron chi connectivity index (χ0n) is 10.8. The molecule has 0 spiro atoms. The standard InChI is InChI=1S/C13H13ClN2O2S/c1-8-11(12(17)18-3)19-13(16(8)2)15-10-6-4-9(14)5-7-10/h4-7H,1-3H3. The van der Waals surface area contributed by atoms with Gasteiger partial charge in [0, 0.05) is 17.8 Å². The summed E-state index contributed by atoms with van der Waals surface area (Å²) in [5, 5.41) is 0.668. The summed E-state index contributed by atoms with van der Waals surface area (Å²) in [6.45, 7) is 1.86. The Bertz CT molecular complexity index is 671. The zero-order chi connectivity index (χ0) is 14.0. The molecular weight excluding hydrogens is 284 g/mol. The Balaban J connectivity index is 2.51. The number of carbonyl (C=O) groups excluding carboxylic acids is 1. The number of hydrogen-bond acceptors (Lipinski definition) is 4. The lowest BCUT2D eigenvalue weighted by Gasteiger charge is -1.98. The number of esters is 1. The number of methoxy groups -OCH3 is 1. The second-order valence-electron chi connectivity index (χ2n) is 3.94. The van der Waals surface area contributed by atoms with Crippen molar-refractivity contribution in [2.24, 2.45) is 12.0 Å². The summed E-state index contributed by atoms with van der Waals surface area (Å²) in [5.74, 6) is -0.337. The Morgan fingerprint density at radius 3 is 2.58 bits per heavy atom. The molecule has 6 heteroatoms. The number of hydrogen-bond donors (Lipinski definition) is 0. The maximum atomic E-state index is 11.6. The van der Waals surface area contributed by atoms with Gasteiger partial charge < -0.3 is 9.30 Å². The van der Waals surface area contributed by atoms with Crippen molar-refractivity contribution in [3.05, 3.63) is 44.7 Å². The number of nitrogens with zero attached hydrogens (tertiary/aromatic N) is 2. The molecule has 2 aromatic rings. The molecule has 0 amide bonds. The minimum atomic E-state index is -0.337. The number of rotatable bonds is 2. The summed E-state index contributed by atoms with van der Waals surface area (Å²) in [4.78, 5) is 17.4. The average Bonchev–Trinajstić information content (AvgIpc) is 2.69. The van der Waals surface area contributed by atoms with Crippen LogP contribution >= 0.6 is 22.9 Å². The summed E-state index contributed by atoms with van der Waals surface area (Å²) in [6.07, 6.45) is 0. The molecule has 2 rings (SSSR count). The van der Waals surface area contributed by atoms with E-state index in [0.717, 1.165) is 16.2 Å². The Morgan fingerprint density at radius 1 is 1.37 bits per heavy atom. The van der Waals surface area contributed by atoms with Crippen molar-refractivity contribution in [2.45, 2.75) is 6.92 Å². The van der Waals surface area contributed by atoms with E-state index in [1.807, 2.05) is 30.7 Å². The van der Waals surface area contributed by atoms with E-state index in [1.165, 1.54) is 18.4 Å². The minimum absolute atomic E-state index is 0.337. The summed E-state index contributed by atoms with van der Waals surface area (Å²) >= 11 is 7.14. The van der Waals surface area contributed by atoms with Gasteiger partial charge in [-0.2, -0.15) is 0 Å². The summed E-state index contributed by atoms with van der Waals surface area (Å²) < 4.78 is 6.62. The highest BCUT2D eigenvalue weighted by molar-refractivity contribution is 7.11. The van der Waals surface area contributed by atoms with Crippen LogP contribution in [0, 0.1) is 6.92 Å². The topological polar surface area (TPSA) is 43.6 Å². The molecule has 0 atom stereocenters. The lowest BCUT2D eigenvalue weighted by Crippen LogP contribution is -2.11. The van der Waals surface area contributed by atoms with Crippen molar-refractivity contribution in [1.82, 2.24) is 4.57 Å². The molecule has 0 aliphatic rings. The lowest BCUT2D eigenvalue weighted by molar-refractivity contribution is 0.0605. The van der Waals surface area contributed by atoms with Crippen LogP contribution in [0.25, 0.3) is 0 Å². The summed E-state index contributed by atoms with van der Waals surface area (Å²) in [6, 6.07) is 7.22. The molecule has 4 nitrogen and oxygen atoms in total. The van der Waals surface area contributed by atoms with Gasteiger partial charge in [0.05, 0.1) is 12.8 Å². The number of halogens is 1. The predicted molar refractivity (Wildman–Crippen MR) is 76.0 cm³/mol. The third-order valence-corrected chi connectivity index (χ3v) is 4.20. The Labute approximate surface area is 119 Å². The summed E-state index contributed by atoms with van der Waals surface area (Å²) in [7, 11) is 3.24. The number of benzene rings is 1. The molecule has 0 fully saturated rings. The van der Waals surface area contributed by atoms with Gasteiger partial charge in [0.1, 0.15) is 4.88 Å². The molecule has 0 unspecified atom stereocenters. The van der Waals surface area contributed by atoms with Crippen molar-refractivity contribution >= 4 is 34.6 Å². The van der Waals surface area contributed by atoms with Crippen LogP contribution in [0.15, 0.2) is 29.3 Å². The molecule has 1 aromatic heterocycles. The molecule has 0 saturated heterocycles. The second-order valence-corrected chi connectivity index (χ2v) is 5.35. The predicted octanol–water partition coefficient (Wildman–Crippen LogP) is 3.07. The fraction of sp³-hybridized carbons (Fsp3) is 0.231. The molecule has 19 heavy (non-hydrogen) atoms. The van der Waals surface area contributed by atoms with Crippen LogP contribution in [0.2, 0.25) is 5.02 Å². The molecule has 0 aliphatic heterocycles. The number of aromatic nitrogens is 1. The van der Waals surface area contributed by atoms with Crippen LogP contribution in [-0.2, 0) is 11.8 Å². The largest absolute Gasteiger partial charge is 0.465 e. The van der Waals surface area contributed by atoms with Crippen LogP contribution in [0.1, 0.15) is 15.4 Å². The quantitative estimate of drug-likeness (QED) is 0.799. The first-order valence-corrected chi connectivity index (χ1v) is 6.77. The number of thiazole rings is 1. The molecule has 100 valence electrons. The van der Waals surface area contributed by atoms with E-state index in [2.05, 4.69) is 4.99 Å². The van der Waals surface area contributed by atoms with Crippen molar-refractivity contribution in [1.29, 1.82) is 0 Å². The van der Waals surface area contributed by atoms with Gasteiger partial charge >= 0.3 is 5.97 Å². The Kier molecular flexibility index (Phi) is 4.07. The average molecular weight is 297 g/mol. The number of carbonyl (C=O) groups is 1. The highest BCUT2D eigenvalue weighted by Gasteiger charge is 2.15. The fourth-order valence-electron chi connectivity index (χ4n) is 1.54. The van der Waals surface area contributed by atoms with E-state index in [9.17, 15) is 4.79 Å². The van der Waals surface area contributed by atoms with Gasteiger partial charge in [-0.15, -0.1) is 0 Å². The zero-order valence-corrected chi connectivity index (χ0v) is 12.4. The van der Waals surface area contributed by atoms with E-state index in [4.69, 9.17) is 16.3 Å². The smallest absolute Gasteiger partial charge is 0.349 e. The van der Waals surface area contributed by atoms with Crippen LogP contribution in [0.5, 0.6) is 0 Å². The molecule has 0 aliphatic carbocycles. The normalized spacial score (nSPS) is 11.7. The van der Waals surface area contributed by atoms with Crippen LogP contribution < -0.4 is 4.80 Å². The lowest BCUT2D eigenvalue weighted by atomic mass is 10.3. The van der Waals surface area contributed by atoms with Gasteiger partial charge in [0.2, 0.25) is 0 Å². The van der Waals surface area contributed by atoms with Gasteiger partial charge in [-0.1, -0.05) is 22.9 Å². The van der Waals surface area contributed by atoms with Crippen molar-refractivity contribution in [3.8, 4) is 0 Å². The molecule has 0 radical (unpaired) electrons. The maximum absolute atomic E-state index is 11.6. The first-order chi connectivity index (χ1) is 9.02. The first kappa shape index (κ1) is 13.8. The van der Waals surface area contributed by atoms with E-state index in [0.29, 0.717) is 9.90 Å². The highest BCUT2D eigenvalue weighted by atomic mass is 35.5. The second kappa shape index (κ2) is 5.59. The van der Waals surface area contributed by atoms with Crippen LogP contribution in [-0.4, -0.2) is 17.6 Å². The van der Waals surface area contributed by atoms with Crippen molar-refractivity contribution in [2.75, 3.05) is 7.11 Å². The van der Waals surface area contributed by atoms with Crippen molar-refractivity contribution < 1.29 is 9.53 Å². The SMILES string of the molecule is COC(=O)c1sc(=Nc2ccc(Cl)cc2)n(C)c1C. The van der Waals surface area contributed by atoms with Gasteiger partial charge in [-0.05, 0) is 31.2 Å². The molecule has 1 aromatic carbocycles.